The topological polar surface area (TPSA) is 85.7 Å². The Hall–Kier alpha value is -3.81. The molecule has 1 saturated heterocycles. The molecule has 1 spiro atoms. The van der Waals surface area contributed by atoms with Gasteiger partial charge in [-0.15, -0.1) is 0 Å². The van der Waals surface area contributed by atoms with Crippen LogP contribution >= 0.6 is 0 Å². The monoisotopic (exact) mass is 444 g/mol. The lowest BCUT2D eigenvalue weighted by atomic mass is 9.90. The van der Waals surface area contributed by atoms with Gasteiger partial charge in [-0.3, -0.25) is 9.59 Å². The molecule has 6 rings (SSSR count). The van der Waals surface area contributed by atoms with Crippen LogP contribution in [0.25, 0.3) is 5.69 Å². The normalized spacial score (nSPS) is 20.0. The van der Waals surface area contributed by atoms with E-state index in [2.05, 4.69) is 10.4 Å². The summed E-state index contributed by atoms with van der Waals surface area (Å²) in [4.78, 5) is 28.1. The molecule has 2 aromatic carbocycles. The predicted molar refractivity (Wildman–Crippen MR) is 120 cm³/mol. The van der Waals surface area contributed by atoms with Crippen LogP contribution in [0, 0.1) is 11.3 Å². The molecule has 1 unspecified atom stereocenters. The number of carbonyl (C=O) groups is 2. The van der Waals surface area contributed by atoms with Gasteiger partial charge in [0, 0.05) is 43.2 Å². The number of nitrogens with zero attached hydrogens (tertiary/aromatic N) is 3. The fourth-order valence-corrected chi connectivity index (χ4v) is 5.07. The Labute approximate surface area is 191 Å². The summed E-state index contributed by atoms with van der Waals surface area (Å²) in [5, 5.41) is 7.30. The number of benzene rings is 2. The Balaban J connectivity index is 1.09. The van der Waals surface area contributed by atoms with Crippen molar-refractivity contribution >= 4 is 17.5 Å². The molecule has 8 nitrogen and oxygen atoms in total. The van der Waals surface area contributed by atoms with Crippen LogP contribution in [0.2, 0.25) is 0 Å². The Kier molecular flexibility index (Phi) is 4.60. The molecule has 1 aromatic heterocycles. The van der Waals surface area contributed by atoms with E-state index in [1.165, 1.54) is 0 Å². The Morgan fingerprint density at radius 2 is 1.85 bits per heavy atom. The molecule has 1 aliphatic carbocycles. The van der Waals surface area contributed by atoms with Crippen molar-refractivity contribution in [1.29, 1.82) is 0 Å². The summed E-state index contributed by atoms with van der Waals surface area (Å²) in [7, 11) is 0. The number of anilines is 1. The average molecular weight is 444 g/mol. The summed E-state index contributed by atoms with van der Waals surface area (Å²) in [6, 6.07) is 14.8. The molecule has 1 atom stereocenters. The van der Waals surface area contributed by atoms with E-state index >= 15 is 0 Å². The molecule has 2 fully saturated rings. The van der Waals surface area contributed by atoms with Crippen LogP contribution < -0.4 is 14.8 Å². The lowest BCUT2D eigenvalue weighted by Crippen LogP contribution is -2.40. The van der Waals surface area contributed by atoms with Crippen LogP contribution in [-0.4, -0.2) is 46.4 Å². The van der Waals surface area contributed by atoms with E-state index in [9.17, 15) is 9.59 Å². The van der Waals surface area contributed by atoms with Gasteiger partial charge in [-0.2, -0.15) is 5.10 Å². The summed E-state index contributed by atoms with van der Waals surface area (Å²) in [6.07, 6.45) is 6.08. The van der Waals surface area contributed by atoms with E-state index in [1.54, 1.807) is 16.9 Å². The first-order chi connectivity index (χ1) is 16.1. The van der Waals surface area contributed by atoms with Gasteiger partial charge in [-0.1, -0.05) is 12.1 Å². The fraction of sp³-hybridized carbons (Fsp3) is 0.320. The number of likely N-dealkylation sites (tertiary alicyclic amines) is 1. The molecule has 168 valence electrons. The van der Waals surface area contributed by atoms with E-state index in [4.69, 9.17) is 9.47 Å². The van der Waals surface area contributed by atoms with Crippen LogP contribution in [0.4, 0.5) is 5.69 Å². The molecule has 0 bridgehead atoms. The van der Waals surface area contributed by atoms with Crippen molar-refractivity contribution in [3.8, 4) is 17.2 Å². The highest BCUT2D eigenvalue weighted by Gasteiger charge is 2.58. The Morgan fingerprint density at radius 1 is 1.03 bits per heavy atom. The lowest BCUT2D eigenvalue weighted by molar-refractivity contribution is -0.118. The molecule has 33 heavy (non-hydrogen) atoms. The third-order valence-electron chi connectivity index (χ3n) is 7.08. The van der Waals surface area contributed by atoms with Crippen molar-refractivity contribution in [2.45, 2.75) is 19.3 Å². The second-order valence-electron chi connectivity index (χ2n) is 8.94. The standard InChI is InChI=1S/C25H24N4O4/c30-23(27-17-6-7-21-22(14-17)33-16-32-21)19-15-25(19)8-12-28(13-9-25)24(31)18-4-1-2-5-20(18)29-11-3-10-26-29/h1-7,10-11,14,19H,8-9,12-13,15-16H2,(H,27,30). The highest BCUT2D eigenvalue weighted by molar-refractivity contribution is 5.98. The minimum Gasteiger partial charge on any atom is -0.454 e. The number of fused-ring (bicyclic) bond motifs is 1. The number of hydrogen-bond donors (Lipinski definition) is 1. The summed E-state index contributed by atoms with van der Waals surface area (Å²) in [5.41, 5.74) is 2.14. The minimum atomic E-state index is -0.0171. The summed E-state index contributed by atoms with van der Waals surface area (Å²) < 4.78 is 12.4. The number of rotatable bonds is 4. The van der Waals surface area contributed by atoms with Crippen LogP contribution in [0.1, 0.15) is 29.6 Å². The van der Waals surface area contributed by atoms with Crippen molar-refractivity contribution in [3.63, 3.8) is 0 Å². The van der Waals surface area contributed by atoms with Crippen molar-refractivity contribution in [1.82, 2.24) is 14.7 Å². The quantitative estimate of drug-likeness (QED) is 0.666. The number of aromatic nitrogens is 2. The molecule has 2 amide bonds. The molecule has 1 saturated carbocycles. The second-order valence-corrected chi connectivity index (χ2v) is 8.94. The molecule has 3 heterocycles. The van der Waals surface area contributed by atoms with Crippen molar-refractivity contribution < 1.29 is 19.1 Å². The number of amides is 2. The number of para-hydroxylation sites is 1. The zero-order valence-corrected chi connectivity index (χ0v) is 18.1. The first kappa shape index (κ1) is 19.8. The number of ether oxygens (including phenoxy) is 2. The maximum atomic E-state index is 13.3. The largest absolute Gasteiger partial charge is 0.454 e. The molecule has 3 aromatic rings. The Morgan fingerprint density at radius 3 is 2.67 bits per heavy atom. The Bertz CT molecular complexity index is 1210. The molecular weight excluding hydrogens is 420 g/mol. The fourth-order valence-electron chi connectivity index (χ4n) is 5.07. The molecule has 2 aliphatic heterocycles. The SMILES string of the molecule is O=C(Nc1ccc2c(c1)OCO2)C1CC12CCN(C(=O)c1ccccc1-n1cccn1)CC2. The predicted octanol–water partition coefficient (Wildman–Crippen LogP) is 3.48. The average Bonchev–Trinajstić information content (AvgIpc) is 3.21. The van der Waals surface area contributed by atoms with Gasteiger partial charge in [-0.25, -0.2) is 4.68 Å². The molecule has 3 aliphatic rings. The molecule has 8 heteroatoms. The molecular formula is C25H24N4O4. The lowest BCUT2D eigenvalue weighted by Gasteiger charge is -2.33. The van der Waals surface area contributed by atoms with Gasteiger partial charge in [0.1, 0.15) is 0 Å². The van der Waals surface area contributed by atoms with Gasteiger partial charge in [0.25, 0.3) is 5.91 Å². The van der Waals surface area contributed by atoms with Gasteiger partial charge in [0.05, 0.1) is 11.3 Å². The van der Waals surface area contributed by atoms with Crippen LogP contribution in [0.5, 0.6) is 11.5 Å². The smallest absolute Gasteiger partial charge is 0.256 e. The zero-order chi connectivity index (χ0) is 22.4. The maximum absolute atomic E-state index is 13.3. The van der Waals surface area contributed by atoms with Crippen LogP contribution in [0.3, 0.4) is 0 Å². The minimum absolute atomic E-state index is 0.00129. The highest BCUT2D eigenvalue weighted by Crippen LogP contribution is 2.59. The van der Waals surface area contributed by atoms with Gasteiger partial charge in [-0.05, 0) is 55.0 Å². The third-order valence-corrected chi connectivity index (χ3v) is 7.08. The van der Waals surface area contributed by atoms with Gasteiger partial charge < -0.3 is 19.7 Å². The van der Waals surface area contributed by atoms with Crippen LogP contribution in [0.15, 0.2) is 60.9 Å². The van der Waals surface area contributed by atoms with E-state index in [0.717, 1.165) is 24.9 Å². The first-order valence-corrected chi connectivity index (χ1v) is 11.2. The number of nitrogens with one attached hydrogen (secondary N) is 1. The van der Waals surface area contributed by atoms with E-state index in [0.29, 0.717) is 35.8 Å². The highest BCUT2D eigenvalue weighted by atomic mass is 16.7. The third kappa shape index (κ3) is 3.51. The van der Waals surface area contributed by atoms with E-state index < -0.39 is 0 Å². The van der Waals surface area contributed by atoms with Crippen molar-refractivity contribution in [2.24, 2.45) is 11.3 Å². The summed E-state index contributed by atoms with van der Waals surface area (Å²) >= 11 is 0. The van der Waals surface area contributed by atoms with Gasteiger partial charge >= 0.3 is 0 Å². The molecule has 0 radical (unpaired) electrons. The summed E-state index contributed by atoms with van der Waals surface area (Å²) in [5.74, 6) is 1.38. The second kappa shape index (κ2) is 7.65. The number of hydrogen-bond acceptors (Lipinski definition) is 5. The number of carbonyl (C=O) groups excluding carboxylic acids is 2. The van der Waals surface area contributed by atoms with Crippen molar-refractivity contribution in [2.75, 3.05) is 25.2 Å². The van der Waals surface area contributed by atoms with E-state index in [-0.39, 0.29) is 29.9 Å². The summed E-state index contributed by atoms with van der Waals surface area (Å²) in [6.45, 7) is 1.51. The first-order valence-electron chi connectivity index (χ1n) is 11.2. The zero-order valence-electron chi connectivity index (χ0n) is 18.1. The maximum Gasteiger partial charge on any atom is 0.256 e. The number of piperidine rings is 1. The van der Waals surface area contributed by atoms with Gasteiger partial charge in [0.15, 0.2) is 11.5 Å². The molecule has 1 N–H and O–H groups in total. The van der Waals surface area contributed by atoms with Crippen molar-refractivity contribution in [3.05, 3.63) is 66.5 Å². The van der Waals surface area contributed by atoms with Crippen LogP contribution in [-0.2, 0) is 4.79 Å². The van der Waals surface area contributed by atoms with E-state index in [1.807, 2.05) is 53.6 Å². The van der Waals surface area contributed by atoms with Gasteiger partial charge in [0.2, 0.25) is 12.7 Å².